The summed E-state index contributed by atoms with van der Waals surface area (Å²) in [6, 6.07) is 10.4. The van der Waals surface area contributed by atoms with E-state index in [4.69, 9.17) is 4.74 Å². The number of aromatic nitrogens is 2. The van der Waals surface area contributed by atoms with Crippen molar-refractivity contribution in [3.8, 4) is 0 Å². The van der Waals surface area contributed by atoms with Crippen LogP contribution in [0, 0.1) is 13.8 Å². The molecule has 1 amide bonds. The summed E-state index contributed by atoms with van der Waals surface area (Å²) in [6.07, 6.45) is 3.96. The first-order valence-corrected chi connectivity index (χ1v) is 10.0. The molecule has 0 N–H and O–H groups in total. The number of carbonyl (C=O) groups is 1. The molecule has 28 heavy (non-hydrogen) atoms. The molecule has 0 radical (unpaired) electrons. The molecule has 6 nitrogen and oxygen atoms in total. The third kappa shape index (κ3) is 4.17. The van der Waals surface area contributed by atoms with Gasteiger partial charge in [-0.25, -0.2) is 9.97 Å². The van der Waals surface area contributed by atoms with E-state index in [2.05, 4.69) is 46.1 Å². The fraction of sp³-hybridized carbons (Fsp3) is 0.500. The number of benzene rings is 1. The van der Waals surface area contributed by atoms with Gasteiger partial charge in [0.25, 0.3) is 0 Å². The van der Waals surface area contributed by atoms with E-state index in [0.717, 1.165) is 37.6 Å². The van der Waals surface area contributed by atoms with Crippen LogP contribution in [-0.4, -0.2) is 52.6 Å². The highest BCUT2D eigenvalue weighted by Crippen LogP contribution is 2.34. The molecule has 0 bridgehead atoms. The quantitative estimate of drug-likeness (QED) is 0.819. The first kappa shape index (κ1) is 18.9. The van der Waals surface area contributed by atoms with Crippen molar-refractivity contribution in [2.24, 2.45) is 0 Å². The summed E-state index contributed by atoms with van der Waals surface area (Å²) in [7, 11) is 0. The molecule has 1 spiro atoms. The minimum absolute atomic E-state index is 0.199. The molecule has 3 heterocycles. The lowest BCUT2D eigenvalue weighted by molar-refractivity contribution is -0.134. The molecule has 2 aromatic rings. The second-order valence-electron chi connectivity index (χ2n) is 7.96. The summed E-state index contributed by atoms with van der Waals surface area (Å²) in [4.78, 5) is 25.9. The number of piperidine rings is 1. The lowest BCUT2D eigenvalue weighted by Crippen LogP contribution is -2.47. The van der Waals surface area contributed by atoms with Crippen LogP contribution in [0.15, 0.2) is 36.5 Å². The second-order valence-corrected chi connectivity index (χ2v) is 7.96. The van der Waals surface area contributed by atoms with E-state index in [9.17, 15) is 4.79 Å². The van der Waals surface area contributed by atoms with Gasteiger partial charge in [-0.05, 0) is 38.3 Å². The van der Waals surface area contributed by atoms with E-state index >= 15 is 0 Å². The molecular weight excluding hydrogens is 352 g/mol. The summed E-state index contributed by atoms with van der Waals surface area (Å²) >= 11 is 0. The van der Waals surface area contributed by atoms with Gasteiger partial charge in [0.2, 0.25) is 5.91 Å². The van der Waals surface area contributed by atoms with Crippen LogP contribution in [0.1, 0.15) is 36.2 Å². The number of ether oxygens (including phenoxy) is 1. The highest BCUT2D eigenvalue weighted by Gasteiger charge is 2.40. The Kier molecular flexibility index (Phi) is 5.31. The number of amides is 1. The van der Waals surface area contributed by atoms with Crippen molar-refractivity contribution in [2.75, 3.05) is 31.1 Å². The first-order chi connectivity index (χ1) is 13.5. The maximum absolute atomic E-state index is 13.0. The number of rotatable bonds is 3. The molecule has 6 heteroatoms. The van der Waals surface area contributed by atoms with Gasteiger partial charge >= 0.3 is 0 Å². The number of nitrogens with zero attached hydrogens (tertiary/aromatic N) is 4. The lowest BCUT2D eigenvalue weighted by atomic mass is 9.87. The van der Waals surface area contributed by atoms with Crippen molar-refractivity contribution in [3.63, 3.8) is 0 Å². The minimum Gasteiger partial charge on any atom is -0.372 e. The second kappa shape index (κ2) is 7.87. The van der Waals surface area contributed by atoms with E-state index in [1.165, 1.54) is 11.1 Å². The van der Waals surface area contributed by atoms with Crippen LogP contribution in [0.3, 0.4) is 0 Å². The number of hydrogen-bond acceptors (Lipinski definition) is 5. The van der Waals surface area contributed by atoms with Crippen LogP contribution < -0.4 is 4.90 Å². The van der Waals surface area contributed by atoms with Gasteiger partial charge in [-0.15, -0.1) is 0 Å². The Morgan fingerprint density at radius 1 is 1.07 bits per heavy atom. The molecule has 1 aromatic carbocycles. The van der Waals surface area contributed by atoms with Gasteiger partial charge < -0.3 is 14.5 Å². The van der Waals surface area contributed by atoms with Crippen molar-refractivity contribution in [1.82, 2.24) is 14.9 Å². The van der Waals surface area contributed by atoms with Crippen LogP contribution in [-0.2, 0) is 16.1 Å². The molecule has 2 fully saturated rings. The lowest BCUT2D eigenvalue weighted by Gasteiger charge is -2.41. The fourth-order valence-corrected chi connectivity index (χ4v) is 4.10. The topological polar surface area (TPSA) is 58.6 Å². The highest BCUT2D eigenvalue weighted by atomic mass is 16.5. The molecule has 0 aliphatic carbocycles. The van der Waals surface area contributed by atoms with Crippen molar-refractivity contribution in [3.05, 3.63) is 53.5 Å². The summed E-state index contributed by atoms with van der Waals surface area (Å²) in [5.74, 6) is 1.94. The van der Waals surface area contributed by atoms with E-state index in [1.54, 1.807) is 6.20 Å². The molecule has 1 aromatic heterocycles. The Balaban J connectivity index is 1.39. The number of aryl methyl sites for hydroxylation is 2. The van der Waals surface area contributed by atoms with Crippen LogP contribution in [0.4, 0.5) is 5.82 Å². The fourth-order valence-electron chi connectivity index (χ4n) is 4.10. The molecule has 0 atom stereocenters. The minimum atomic E-state index is -0.336. The normalized spacial score (nSPS) is 19.7. The standard InChI is InChI=1S/C22H28N4O2/c1-17-3-5-19(6-4-17)16-26-13-14-28-22(15-21(26)27)8-11-25(12-9-22)20-7-10-23-18(2)24-20/h3-7,10H,8-9,11-16H2,1-2H3. The first-order valence-electron chi connectivity index (χ1n) is 10.0. The van der Waals surface area contributed by atoms with E-state index in [1.807, 2.05) is 17.9 Å². The number of carbonyl (C=O) groups excluding carboxylic acids is 1. The van der Waals surface area contributed by atoms with Crippen LogP contribution in [0.2, 0.25) is 0 Å². The van der Waals surface area contributed by atoms with E-state index in [0.29, 0.717) is 26.1 Å². The number of hydrogen-bond donors (Lipinski definition) is 0. The zero-order valence-corrected chi connectivity index (χ0v) is 16.7. The highest BCUT2D eigenvalue weighted by molar-refractivity contribution is 5.77. The third-order valence-corrected chi connectivity index (χ3v) is 5.85. The molecule has 148 valence electrons. The Labute approximate surface area is 166 Å². The Hall–Kier alpha value is -2.47. The zero-order valence-electron chi connectivity index (χ0n) is 16.7. The van der Waals surface area contributed by atoms with Crippen molar-refractivity contribution < 1.29 is 9.53 Å². The van der Waals surface area contributed by atoms with Crippen LogP contribution in [0.25, 0.3) is 0 Å². The monoisotopic (exact) mass is 380 g/mol. The summed E-state index contributed by atoms with van der Waals surface area (Å²) in [5.41, 5.74) is 2.07. The summed E-state index contributed by atoms with van der Waals surface area (Å²) in [5, 5.41) is 0. The maximum atomic E-state index is 13.0. The van der Waals surface area contributed by atoms with E-state index < -0.39 is 0 Å². The van der Waals surface area contributed by atoms with Gasteiger partial charge in [-0.2, -0.15) is 0 Å². The summed E-state index contributed by atoms with van der Waals surface area (Å²) in [6.45, 7) is 7.60. The van der Waals surface area contributed by atoms with Crippen molar-refractivity contribution >= 4 is 11.7 Å². The van der Waals surface area contributed by atoms with Gasteiger partial charge in [0.1, 0.15) is 11.6 Å². The molecule has 2 saturated heterocycles. The Morgan fingerprint density at radius 3 is 2.54 bits per heavy atom. The maximum Gasteiger partial charge on any atom is 0.225 e. The smallest absolute Gasteiger partial charge is 0.225 e. The Bertz CT molecular complexity index is 829. The van der Waals surface area contributed by atoms with Gasteiger partial charge in [0, 0.05) is 32.4 Å². The molecule has 2 aliphatic rings. The molecule has 2 aliphatic heterocycles. The third-order valence-electron chi connectivity index (χ3n) is 5.85. The Morgan fingerprint density at radius 2 is 1.82 bits per heavy atom. The zero-order chi connectivity index (χ0) is 19.6. The molecule has 0 saturated carbocycles. The van der Waals surface area contributed by atoms with Crippen molar-refractivity contribution in [2.45, 2.75) is 45.3 Å². The molecule has 4 rings (SSSR count). The molecular formula is C22H28N4O2. The van der Waals surface area contributed by atoms with Crippen LogP contribution in [0.5, 0.6) is 0 Å². The predicted octanol–water partition coefficient (Wildman–Crippen LogP) is 2.88. The molecule has 0 unspecified atom stereocenters. The number of anilines is 1. The van der Waals surface area contributed by atoms with Crippen molar-refractivity contribution in [1.29, 1.82) is 0 Å². The summed E-state index contributed by atoms with van der Waals surface area (Å²) < 4.78 is 6.27. The van der Waals surface area contributed by atoms with Crippen LogP contribution >= 0.6 is 0 Å². The van der Waals surface area contributed by atoms with Gasteiger partial charge in [-0.1, -0.05) is 29.8 Å². The predicted molar refractivity (Wildman–Crippen MR) is 108 cm³/mol. The van der Waals surface area contributed by atoms with Gasteiger partial charge in [-0.3, -0.25) is 4.79 Å². The SMILES string of the molecule is Cc1ccc(CN2CCOC3(CCN(c4ccnc(C)n4)CC3)CC2=O)cc1. The van der Waals surface area contributed by atoms with Gasteiger partial charge in [0.15, 0.2) is 0 Å². The van der Waals surface area contributed by atoms with E-state index in [-0.39, 0.29) is 11.5 Å². The van der Waals surface area contributed by atoms with Gasteiger partial charge in [0.05, 0.1) is 18.6 Å². The average Bonchev–Trinajstić information content (AvgIpc) is 2.83. The average molecular weight is 380 g/mol. The largest absolute Gasteiger partial charge is 0.372 e.